The third-order valence-corrected chi connectivity index (χ3v) is 3.48. The third kappa shape index (κ3) is 4.41. The molecule has 1 aromatic heterocycles. The highest BCUT2D eigenvalue weighted by atomic mass is 79.9. The van der Waals surface area contributed by atoms with Crippen molar-refractivity contribution in [2.75, 3.05) is 0 Å². The second kappa shape index (κ2) is 7.85. The Labute approximate surface area is 113 Å². The fourth-order valence-electron chi connectivity index (χ4n) is 2.11. The zero-order valence-corrected chi connectivity index (χ0v) is 12.8. The summed E-state index contributed by atoms with van der Waals surface area (Å²) in [5.74, 6) is 2.19. The average molecular weight is 302 g/mol. The molecule has 0 aliphatic heterocycles. The van der Waals surface area contributed by atoms with Gasteiger partial charge in [0.2, 0.25) is 0 Å². The molecule has 0 atom stereocenters. The number of rotatable bonds is 8. The van der Waals surface area contributed by atoms with Crippen molar-refractivity contribution < 1.29 is 0 Å². The lowest BCUT2D eigenvalue weighted by Gasteiger charge is -2.12. The van der Waals surface area contributed by atoms with Gasteiger partial charge in [0.05, 0.1) is 5.33 Å². The van der Waals surface area contributed by atoms with Crippen molar-refractivity contribution in [3.05, 3.63) is 11.6 Å². The van der Waals surface area contributed by atoms with E-state index >= 15 is 0 Å². The van der Waals surface area contributed by atoms with E-state index in [1.54, 1.807) is 0 Å². The van der Waals surface area contributed by atoms with Crippen LogP contribution < -0.4 is 0 Å². The summed E-state index contributed by atoms with van der Waals surface area (Å²) in [6.45, 7) is 6.63. The van der Waals surface area contributed by atoms with E-state index in [1.807, 2.05) is 0 Å². The van der Waals surface area contributed by atoms with Gasteiger partial charge in [-0.15, -0.1) is 10.2 Å². The first kappa shape index (κ1) is 14.7. The number of unbranched alkanes of at least 4 members (excludes halogenated alkanes) is 4. The Kier molecular flexibility index (Phi) is 6.78. The maximum atomic E-state index is 4.31. The second-order valence-corrected chi connectivity index (χ2v) is 5.35. The Morgan fingerprint density at radius 1 is 1.06 bits per heavy atom. The minimum atomic E-state index is 0.447. The van der Waals surface area contributed by atoms with Crippen LogP contribution in [0.3, 0.4) is 0 Å². The van der Waals surface area contributed by atoms with E-state index in [2.05, 4.69) is 51.5 Å². The molecule has 0 amide bonds. The molecule has 0 bridgehead atoms. The highest BCUT2D eigenvalue weighted by Crippen LogP contribution is 2.16. The quantitative estimate of drug-likeness (QED) is 0.530. The van der Waals surface area contributed by atoms with Crippen molar-refractivity contribution >= 4 is 15.9 Å². The van der Waals surface area contributed by atoms with E-state index in [-0.39, 0.29) is 0 Å². The van der Waals surface area contributed by atoms with Crippen LogP contribution in [0, 0.1) is 0 Å². The Hall–Kier alpha value is -0.380. The number of hydrogen-bond donors (Lipinski definition) is 0. The summed E-state index contributed by atoms with van der Waals surface area (Å²) in [5.41, 5.74) is 0. The molecule has 0 aromatic carbocycles. The molecule has 1 rings (SSSR count). The standard InChI is InChI=1S/C13H24BrN3/c1-4-5-6-7-8-9-12-15-16-13(10-14)17(12)11(2)3/h11H,4-10H2,1-3H3. The van der Waals surface area contributed by atoms with E-state index in [1.165, 1.54) is 32.1 Å². The largest absolute Gasteiger partial charge is 0.312 e. The summed E-state index contributed by atoms with van der Waals surface area (Å²) in [4.78, 5) is 0. The fraction of sp³-hybridized carbons (Fsp3) is 0.846. The molecule has 0 spiro atoms. The summed E-state index contributed by atoms with van der Waals surface area (Å²) in [5, 5.41) is 9.33. The summed E-state index contributed by atoms with van der Waals surface area (Å²) in [7, 11) is 0. The molecule has 0 aliphatic carbocycles. The van der Waals surface area contributed by atoms with Crippen molar-refractivity contribution in [1.29, 1.82) is 0 Å². The number of aryl methyl sites for hydroxylation is 1. The number of aromatic nitrogens is 3. The van der Waals surface area contributed by atoms with Gasteiger partial charge in [0.25, 0.3) is 0 Å². The minimum Gasteiger partial charge on any atom is -0.312 e. The topological polar surface area (TPSA) is 30.7 Å². The lowest BCUT2D eigenvalue weighted by molar-refractivity contribution is 0.536. The number of alkyl halides is 1. The number of nitrogens with zero attached hydrogens (tertiary/aromatic N) is 3. The summed E-state index contributed by atoms with van der Waals surface area (Å²) in [6.07, 6.45) is 7.59. The zero-order valence-electron chi connectivity index (χ0n) is 11.2. The minimum absolute atomic E-state index is 0.447. The maximum Gasteiger partial charge on any atom is 0.143 e. The molecule has 0 N–H and O–H groups in total. The highest BCUT2D eigenvalue weighted by molar-refractivity contribution is 9.08. The van der Waals surface area contributed by atoms with Crippen molar-refractivity contribution in [1.82, 2.24) is 14.8 Å². The lowest BCUT2D eigenvalue weighted by Crippen LogP contribution is -2.09. The van der Waals surface area contributed by atoms with Gasteiger partial charge in [-0.25, -0.2) is 0 Å². The molecule has 0 fully saturated rings. The first-order chi connectivity index (χ1) is 8.20. The van der Waals surface area contributed by atoms with E-state index in [9.17, 15) is 0 Å². The predicted octanol–water partition coefficient (Wildman–Crippen LogP) is 4.27. The van der Waals surface area contributed by atoms with Crippen LogP contribution in [-0.2, 0) is 11.8 Å². The molecular weight excluding hydrogens is 278 g/mol. The normalized spacial score (nSPS) is 11.4. The SMILES string of the molecule is CCCCCCCc1nnc(CBr)n1C(C)C. The number of hydrogen-bond acceptors (Lipinski definition) is 2. The van der Waals surface area contributed by atoms with Gasteiger partial charge in [0, 0.05) is 12.5 Å². The molecule has 0 aliphatic rings. The van der Waals surface area contributed by atoms with Gasteiger partial charge >= 0.3 is 0 Å². The molecule has 4 heteroatoms. The van der Waals surface area contributed by atoms with E-state index in [0.717, 1.165) is 23.4 Å². The Morgan fingerprint density at radius 2 is 1.71 bits per heavy atom. The monoisotopic (exact) mass is 301 g/mol. The van der Waals surface area contributed by atoms with Crippen LogP contribution in [0.25, 0.3) is 0 Å². The van der Waals surface area contributed by atoms with Crippen LogP contribution in [0.15, 0.2) is 0 Å². The van der Waals surface area contributed by atoms with Crippen molar-refractivity contribution in [3.8, 4) is 0 Å². The van der Waals surface area contributed by atoms with E-state index in [4.69, 9.17) is 0 Å². The highest BCUT2D eigenvalue weighted by Gasteiger charge is 2.12. The van der Waals surface area contributed by atoms with Crippen LogP contribution in [0.4, 0.5) is 0 Å². The fourth-order valence-corrected chi connectivity index (χ4v) is 2.49. The van der Waals surface area contributed by atoms with Crippen molar-refractivity contribution in [2.24, 2.45) is 0 Å². The molecular formula is C13H24BrN3. The molecule has 0 saturated heterocycles. The van der Waals surface area contributed by atoms with Gasteiger partial charge in [-0.05, 0) is 20.3 Å². The van der Waals surface area contributed by atoms with E-state index in [0.29, 0.717) is 6.04 Å². The molecule has 98 valence electrons. The molecule has 1 heterocycles. The van der Waals surface area contributed by atoms with Crippen molar-refractivity contribution in [3.63, 3.8) is 0 Å². The third-order valence-electron chi connectivity index (χ3n) is 2.98. The van der Waals surface area contributed by atoms with Crippen molar-refractivity contribution in [2.45, 2.75) is 70.7 Å². The van der Waals surface area contributed by atoms with Gasteiger partial charge < -0.3 is 4.57 Å². The molecule has 0 radical (unpaired) electrons. The van der Waals surface area contributed by atoms with Gasteiger partial charge in [-0.3, -0.25) is 0 Å². The van der Waals surface area contributed by atoms with Crippen LogP contribution in [0.2, 0.25) is 0 Å². The predicted molar refractivity (Wildman–Crippen MR) is 75.5 cm³/mol. The summed E-state index contributed by atoms with van der Waals surface area (Å²) >= 11 is 3.47. The first-order valence-electron chi connectivity index (χ1n) is 6.69. The first-order valence-corrected chi connectivity index (χ1v) is 7.81. The Bertz CT molecular complexity index is 320. The van der Waals surface area contributed by atoms with E-state index < -0.39 is 0 Å². The smallest absolute Gasteiger partial charge is 0.143 e. The Morgan fingerprint density at radius 3 is 2.29 bits per heavy atom. The van der Waals surface area contributed by atoms with Gasteiger partial charge in [0.1, 0.15) is 11.6 Å². The maximum absolute atomic E-state index is 4.31. The van der Waals surface area contributed by atoms with Gasteiger partial charge in [-0.1, -0.05) is 48.5 Å². The number of halogens is 1. The molecule has 17 heavy (non-hydrogen) atoms. The second-order valence-electron chi connectivity index (χ2n) is 4.79. The average Bonchev–Trinajstić information content (AvgIpc) is 2.72. The summed E-state index contributed by atoms with van der Waals surface area (Å²) < 4.78 is 2.26. The van der Waals surface area contributed by atoms with Gasteiger partial charge in [0.15, 0.2) is 0 Å². The van der Waals surface area contributed by atoms with Gasteiger partial charge in [-0.2, -0.15) is 0 Å². The zero-order chi connectivity index (χ0) is 12.7. The molecule has 0 unspecified atom stereocenters. The molecule has 3 nitrogen and oxygen atoms in total. The summed E-state index contributed by atoms with van der Waals surface area (Å²) in [6, 6.07) is 0.447. The van der Waals surface area contributed by atoms with Crippen LogP contribution in [0.5, 0.6) is 0 Å². The van der Waals surface area contributed by atoms with Crippen LogP contribution >= 0.6 is 15.9 Å². The Balaban J connectivity index is 2.50. The van der Waals surface area contributed by atoms with Crippen LogP contribution in [-0.4, -0.2) is 14.8 Å². The van der Waals surface area contributed by atoms with Crippen LogP contribution in [0.1, 0.15) is 70.6 Å². The molecule has 1 aromatic rings. The lowest BCUT2D eigenvalue weighted by atomic mass is 10.1. The molecule has 0 saturated carbocycles.